The molecule has 1 aromatic heterocycles. The predicted octanol–water partition coefficient (Wildman–Crippen LogP) is 2.48. The summed E-state index contributed by atoms with van der Waals surface area (Å²) in [5.74, 6) is 0.825. The number of benzene rings is 1. The van der Waals surface area contributed by atoms with E-state index in [-0.39, 0.29) is 37.2 Å². The molecule has 3 rings (SSSR count). The molecule has 0 radical (unpaired) electrons. The second-order valence-electron chi connectivity index (χ2n) is 5.60. The molecule has 1 aliphatic rings. The molecule has 2 aromatic rings. The van der Waals surface area contributed by atoms with Crippen LogP contribution in [0.1, 0.15) is 17.3 Å². The molecule has 0 bridgehead atoms. The van der Waals surface area contributed by atoms with Crippen LogP contribution >= 0.6 is 36.4 Å². The van der Waals surface area contributed by atoms with Crippen LogP contribution in [0, 0.1) is 5.82 Å². The predicted molar refractivity (Wildman–Crippen MR) is 98.6 cm³/mol. The summed E-state index contributed by atoms with van der Waals surface area (Å²) in [6.07, 6.45) is 0. The molecule has 1 fully saturated rings. The lowest BCUT2D eigenvalue weighted by Gasteiger charge is -2.34. The second kappa shape index (κ2) is 10.3. The molecule has 0 spiro atoms. The largest absolute Gasteiger partial charge is 0.338 e. The van der Waals surface area contributed by atoms with E-state index in [1.165, 1.54) is 12.1 Å². The Morgan fingerprint density at radius 1 is 1.12 bits per heavy atom. The number of piperazine rings is 1. The maximum Gasteiger partial charge on any atom is 0.240 e. The Bertz CT molecular complexity index is 664. The monoisotopic (exact) mass is 411 g/mol. The minimum Gasteiger partial charge on any atom is -0.338 e. The second-order valence-corrected chi connectivity index (χ2v) is 6.00. The van der Waals surface area contributed by atoms with E-state index in [4.69, 9.17) is 21.9 Å². The van der Waals surface area contributed by atoms with Crippen LogP contribution in [-0.2, 0) is 19.6 Å². The summed E-state index contributed by atoms with van der Waals surface area (Å²) >= 11 is 6.09. The SMILES string of the molecule is Cl.Cl.NCc1nc(CN2CCN(Cc3ccc(F)cc3Cl)CC2)no1. The van der Waals surface area contributed by atoms with Gasteiger partial charge in [-0.1, -0.05) is 22.8 Å². The molecule has 0 saturated carbocycles. The zero-order valence-corrected chi connectivity index (χ0v) is 15.9. The lowest BCUT2D eigenvalue weighted by atomic mass is 10.2. The minimum atomic E-state index is -0.305. The summed E-state index contributed by atoms with van der Waals surface area (Å²) in [6.45, 7) is 5.29. The Morgan fingerprint density at radius 3 is 2.32 bits per heavy atom. The first-order chi connectivity index (χ1) is 11.1. The summed E-state index contributed by atoms with van der Waals surface area (Å²) in [5, 5.41) is 4.39. The normalized spacial score (nSPS) is 15.5. The van der Waals surface area contributed by atoms with E-state index >= 15 is 0 Å². The van der Waals surface area contributed by atoms with Crippen molar-refractivity contribution < 1.29 is 8.91 Å². The summed E-state index contributed by atoms with van der Waals surface area (Å²) in [7, 11) is 0. The van der Waals surface area contributed by atoms with Crippen molar-refractivity contribution in [3.8, 4) is 0 Å². The number of rotatable bonds is 5. The van der Waals surface area contributed by atoms with E-state index in [0.29, 0.717) is 23.3 Å². The fourth-order valence-corrected chi connectivity index (χ4v) is 2.86. The van der Waals surface area contributed by atoms with E-state index in [0.717, 1.165) is 38.3 Å². The molecular weight excluding hydrogens is 392 g/mol. The van der Waals surface area contributed by atoms with Crippen molar-refractivity contribution in [3.05, 3.63) is 46.3 Å². The third-order valence-electron chi connectivity index (χ3n) is 3.92. The molecule has 0 amide bonds. The lowest BCUT2D eigenvalue weighted by Crippen LogP contribution is -2.45. The molecule has 0 unspecified atom stereocenters. The van der Waals surface area contributed by atoms with Crippen molar-refractivity contribution in [3.63, 3.8) is 0 Å². The maximum atomic E-state index is 13.1. The van der Waals surface area contributed by atoms with Gasteiger partial charge in [-0.3, -0.25) is 9.80 Å². The van der Waals surface area contributed by atoms with E-state index in [9.17, 15) is 4.39 Å². The highest BCUT2D eigenvalue weighted by atomic mass is 35.5. The Kier molecular flexibility index (Phi) is 9.06. The highest BCUT2D eigenvalue weighted by Gasteiger charge is 2.19. The van der Waals surface area contributed by atoms with Gasteiger partial charge in [-0.2, -0.15) is 4.98 Å². The lowest BCUT2D eigenvalue weighted by molar-refractivity contribution is 0.119. The fraction of sp³-hybridized carbons (Fsp3) is 0.467. The minimum absolute atomic E-state index is 0. The van der Waals surface area contributed by atoms with Gasteiger partial charge in [0, 0.05) is 37.7 Å². The maximum absolute atomic E-state index is 13.1. The number of aromatic nitrogens is 2. The van der Waals surface area contributed by atoms with Gasteiger partial charge in [0.05, 0.1) is 13.1 Å². The molecule has 1 aliphatic heterocycles. The highest BCUT2D eigenvalue weighted by Crippen LogP contribution is 2.20. The molecule has 6 nitrogen and oxygen atoms in total. The van der Waals surface area contributed by atoms with Crippen molar-refractivity contribution in [1.82, 2.24) is 19.9 Å². The Balaban J connectivity index is 0.00000156. The summed E-state index contributed by atoms with van der Waals surface area (Å²) in [6, 6.07) is 4.55. The van der Waals surface area contributed by atoms with Gasteiger partial charge in [-0.15, -0.1) is 24.8 Å². The number of nitrogens with zero attached hydrogens (tertiary/aromatic N) is 4. The van der Waals surface area contributed by atoms with Crippen LogP contribution in [0.15, 0.2) is 22.7 Å². The van der Waals surface area contributed by atoms with Gasteiger partial charge in [-0.25, -0.2) is 4.39 Å². The van der Waals surface area contributed by atoms with Gasteiger partial charge in [0.2, 0.25) is 5.89 Å². The van der Waals surface area contributed by atoms with Crippen LogP contribution in [-0.4, -0.2) is 46.1 Å². The highest BCUT2D eigenvalue weighted by molar-refractivity contribution is 6.31. The van der Waals surface area contributed by atoms with Crippen molar-refractivity contribution in [2.75, 3.05) is 26.2 Å². The van der Waals surface area contributed by atoms with Crippen molar-refractivity contribution >= 4 is 36.4 Å². The first-order valence-electron chi connectivity index (χ1n) is 7.54. The Labute approximate surface area is 163 Å². The van der Waals surface area contributed by atoms with Crippen LogP contribution in [0.4, 0.5) is 4.39 Å². The van der Waals surface area contributed by atoms with Gasteiger partial charge in [0.1, 0.15) is 5.82 Å². The van der Waals surface area contributed by atoms with Crippen LogP contribution in [0.5, 0.6) is 0 Å². The Morgan fingerprint density at radius 2 is 1.76 bits per heavy atom. The average molecular weight is 413 g/mol. The Hall–Kier alpha value is -0.960. The number of hydrogen-bond acceptors (Lipinski definition) is 6. The summed E-state index contributed by atoms with van der Waals surface area (Å²) in [5.41, 5.74) is 6.41. The van der Waals surface area contributed by atoms with E-state index in [1.54, 1.807) is 6.07 Å². The van der Waals surface area contributed by atoms with E-state index < -0.39 is 0 Å². The van der Waals surface area contributed by atoms with Gasteiger partial charge < -0.3 is 10.3 Å². The number of hydrogen-bond donors (Lipinski definition) is 1. The molecular formula is C15H21Cl3FN5O. The first kappa shape index (κ1) is 22.1. The molecule has 0 aliphatic carbocycles. The van der Waals surface area contributed by atoms with E-state index in [2.05, 4.69) is 19.9 Å². The zero-order valence-electron chi connectivity index (χ0n) is 13.5. The standard InChI is InChI=1S/C15H19ClFN5O.2ClH/c16-13-7-12(17)2-1-11(13)9-21-3-5-22(6-4-21)10-14-19-15(8-18)23-20-14;;/h1-2,7H,3-6,8-10,18H2;2*1H. The molecule has 1 aromatic carbocycles. The molecule has 10 heteroatoms. The molecule has 0 atom stereocenters. The number of nitrogens with two attached hydrogens (primary N) is 1. The molecule has 1 saturated heterocycles. The fourth-order valence-electron chi connectivity index (χ4n) is 2.63. The van der Waals surface area contributed by atoms with Gasteiger partial charge in [0.25, 0.3) is 0 Å². The molecule has 2 N–H and O–H groups in total. The smallest absolute Gasteiger partial charge is 0.240 e. The molecule has 140 valence electrons. The van der Waals surface area contributed by atoms with Crippen LogP contribution in [0.25, 0.3) is 0 Å². The summed E-state index contributed by atoms with van der Waals surface area (Å²) < 4.78 is 18.1. The molecule has 25 heavy (non-hydrogen) atoms. The quantitative estimate of drug-likeness (QED) is 0.813. The average Bonchev–Trinajstić information content (AvgIpc) is 2.99. The van der Waals surface area contributed by atoms with Gasteiger partial charge in [0.15, 0.2) is 5.82 Å². The van der Waals surface area contributed by atoms with Crippen LogP contribution in [0.3, 0.4) is 0 Å². The summed E-state index contributed by atoms with van der Waals surface area (Å²) in [4.78, 5) is 8.79. The number of halogens is 4. The van der Waals surface area contributed by atoms with Crippen molar-refractivity contribution in [1.29, 1.82) is 0 Å². The van der Waals surface area contributed by atoms with Gasteiger partial charge >= 0.3 is 0 Å². The van der Waals surface area contributed by atoms with Crippen LogP contribution in [0.2, 0.25) is 5.02 Å². The van der Waals surface area contributed by atoms with Crippen molar-refractivity contribution in [2.45, 2.75) is 19.6 Å². The van der Waals surface area contributed by atoms with E-state index in [1.807, 2.05) is 0 Å². The first-order valence-corrected chi connectivity index (χ1v) is 7.92. The molecule has 2 heterocycles. The van der Waals surface area contributed by atoms with Crippen LogP contribution < -0.4 is 5.73 Å². The van der Waals surface area contributed by atoms with Gasteiger partial charge in [-0.05, 0) is 17.7 Å². The van der Waals surface area contributed by atoms with Crippen molar-refractivity contribution in [2.24, 2.45) is 5.73 Å². The third-order valence-corrected chi connectivity index (χ3v) is 4.28. The third kappa shape index (κ3) is 6.06. The zero-order chi connectivity index (χ0) is 16.2. The topological polar surface area (TPSA) is 71.4 Å².